The maximum Gasteiger partial charge on any atom is 0.250 e. The van der Waals surface area contributed by atoms with Crippen LogP contribution in [0.2, 0.25) is 0 Å². The van der Waals surface area contributed by atoms with Gasteiger partial charge in [-0.1, -0.05) is 18.2 Å². The molecular weight excluding hydrogens is 254 g/mol. The Morgan fingerprint density at radius 1 is 1.10 bits per heavy atom. The molecule has 0 aliphatic carbocycles. The van der Waals surface area contributed by atoms with Gasteiger partial charge in [-0.15, -0.1) is 0 Å². The van der Waals surface area contributed by atoms with E-state index in [1.807, 2.05) is 6.07 Å². The fourth-order valence-electron chi connectivity index (χ4n) is 2.28. The molecule has 5 nitrogen and oxygen atoms in total. The number of hydrogen-bond donors (Lipinski definition) is 2. The lowest BCUT2D eigenvalue weighted by Gasteiger charge is -2.09. The van der Waals surface area contributed by atoms with Crippen molar-refractivity contribution in [3.63, 3.8) is 0 Å². The third-order valence-electron chi connectivity index (χ3n) is 3.24. The average molecular weight is 267 g/mol. The molecule has 0 aliphatic rings. The summed E-state index contributed by atoms with van der Waals surface area (Å²) in [5.74, 6) is -0.532. The SMILES string of the molecule is C[C@@H](O)c1cccc2nc3c(C(N)=O)cccc3nc12. The summed E-state index contributed by atoms with van der Waals surface area (Å²) in [6, 6.07) is 10.5. The van der Waals surface area contributed by atoms with E-state index in [1.165, 1.54) is 0 Å². The fourth-order valence-corrected chi connectivity index (χ4v) is 2.28. The number of amides is 1. The molecule has 0 saturated carbocycles. The first-order valence-electron chi connectivity index (χ1n) is 6.25. The third kappa shape index (κ3) is 1.88. The molecule has 5 heteroatoms. The van der Waals surface area contributed by atoms with Crippen molar-refractivity contribution in [3.8, 4) is 0 Å². The first kappa shape index (κ1) is 12.5. The summed E-state index contributed by atoms with van der Waals surface area (Å²) in [4.78, 5) is 20.4. The van der Waals surface area contributed by atoms with Crippen molar-refractivity contribution in [1.82, 2.24) is 9.97 Å². The van der Waals surface area contributed by atoms with Crippen LogP contribution in [0.4, 0.5) is 0 Å². The van der Waals surface area contributed by atoms with Gasteiger partial charge in [0.15, 0.2) is 0 Å². The molecule has 0 bridgehead atoms. The summed E-state index contributed by atoms with van der Waals surface area (Å²) < 4.78 is 0. The zero-order chi connectivity index (χ0) is 14.3. The number of nitrogens with zero attached hydrogens (tertiary/aromatic N) is 2. The number of hydrogen-bond acceptors (Lipinski definition) is 4. The summed E-state index contributed by atoms with van der Waals surface area (Å²) in [6.45, 7) is 1.68. The van der Waals surface area contributed by atoms with Gasteiger partial charge in [0.2, 0.25) is 0 Å². The maximum absolute atomic E-state index is 11.4. The molecule has 1 atom stereocenters. The Morgan fingerprint density at radius 3 is 2.35 bits per heavy atom. The molecule has 0 fully saturated rings. The molecule has 3 N–H and O–H groups in total. The van der Waals surface area contributed by atoms with Crippen LogP contribution in [0.25, 0.3) is 22.1 Å². The van der Waals surface area contributed by atoms with Gasteiger partial charge in [-0.3, -0.25) is 4.79 Å². The van der Waals surface area contributed by atoms with E-state index in [-0.39, 0.29) is 0 Å². The molecule has 2 aromatic carbocycles. The van der Waals surface area contributed by atoms with Crippen LogP contribution in [0, 0.1) is 0 Å². The van der Waals surface area contributed by atoms with Crippen LogP contribution in [-0.2, 0) is 0 Å². The van der Waals surface area contributed by atoms with E-state index in [2.05, 4.69) is 9.97 Å². The predicted octanol–water partition coefficient (Wildman–Crippen LogP) is 1.94. The molecule has 3 rings (SSSR count). The van der Waals surface area contributed by atoms with Gasteiger partial charge in [-0.25, -0.2) is 9.97 Å². The van der Waals surface area contributed by atoms with Crippen LogP contribution in [-0.4, -0.2) is 21.0 Å². The third-order valence-corrected chi connectivity index (χ3v) is 3.24. The van der Waals surface area contributed by atoms with Gasteiger partial charge in [-0.2, -0.15) is 0 Å². The number of aromatic nitrogens is 2. The van der Waals surface area contributed by atoms with Crippen LogP contribution in [0.5, 0.6) is 0 Å². The summed E-state index contributed by atoms with van der Waals surface area (Å²) >= 11 is 0. The largest absolute Gasteiger partial charge is 0.389 e. The molecule has 0 aliphatic heterocycles. The highest BCUT2D eigenvalue weighted by Crippen LogP contribution is 2.24. The lowest BCUT2D eigenvalue weighted by Crippen LogP contribution is -2.12. The van der Waals surface area contributed by atoms with E-state index < -0.39 is 12.0 Å². The molecule has 20 heavy (non-hydrogen) atoms. The van der Waals surface area contributed by atoms with Crippen LogP contribution in [0.1, 0.15) is 28.9 Å². The van der Waals surface area contributed by atoms with Crippen LogP contribution >= 0.6 is 0 Å². The molecule has 100 valence electrons. The molecule has 1 amide bonds. The second kappa shape index (κ2) is 4.54. The predicted molar refractivity (Wildman–Crippen MR) is 76.2 cm³/mol. The van der Waals surface area contributed by atoms with Gasteiger partial charge in [0.05, 0.1) is 28.2 Å². The number of fused-ring (bicyclic) bond motifs is 2. The number of primary amides is 1. The number of carbonyl (C=O) groups excluding carboxylic acids is 1. The molecule has 0 unspecified atom stereocenters. The lowest BCUT2D eigenvalue weighted by molar-refractivity contribution is 0.100. The maximum atomic E-state index is 11.4. The van der Waals surface area contributed by atoms with E-state index in [1.54, 1.807) is 37.3 Å². The van der Waals surface area contributed by atoms with Crippen molar-refractivity contribution in [2.24, 2.45) is 5.73 Å². The normalized spacial score (nSPS) is 12.7. The summed E-state index contributed by atoms with van der Waals surface area (Å²) in [6.07, 6.45) is -0.634. The van der Waals surface area contributed by atoms with Crippen LogP contribution < -0.4 is 5.73 Å². The van der Waals surface area contributed by atoms with Crippen molar-refractivity contribution in [3.05, 3.63) is 47.5 Å². The Balaban J connectivity index is 2.43. The minimum Gasteiger partial charge on any atom is -0.389 e. The van der Waals surface area contributed by atoms with Crippen molar-refractivity contribution in [1.29, 1.82) is 0 Å². The zero-order valence-corrected chi connectivity index (χ0v) is 10.9. The molecule has 0 spiro atoms. The number of nitrogens with two attached hydrogens (primary N) is 1. The number of rotatable bonds is 2. The van der Waals surface area contributed by atoms with Crippen molar-refractivity contribution >= 4 is 28.0 Å². The van der Waals surface area contributed by atoms with Gasteiger partial charge in [0.1, 0.15) is 5.52 Å². The second-order valence-corrected chi connectivity index (χ2v) is 4.65. The molecule has 0 saturated heterocycles. The number of aliphatic hydroxyl groups excluding tert-OH is 1. The van der Waals surface area contributed by atoms with Gasteiger partial charge < -0.3 is 10.8 Å². The topological polar surface area (TPSA) is 89.1 Å². The fraction of sp³-hybridized carbons (Fsp3) is 0.133. The first-order valence-corrected chi connectivity index (χ1v) is 6.25. The van der Waals surface area contributed by atoms with Gasteiger partial charge in [0.25, 0.3) is 5.91 Å². The van der Waals surface area contributed by atoms with Gasteiger partial charge >= 0.3 is 0 Å². The van der Waals surface area contributed by atoms with Crippen molar-refractivity contribution in [2.45, 2.75) is 13.0 Å². The van der Waals surface area contributed by atoms with Crippen molar-refractivity contribution < 1.29 is 9.90 Å². The van der Waals surface area contributed by atoms with E-state index in [0.717, 1.165) is 0 Å². The second-order valence-electron chi connectivity index (χ2n) is 4.65. The van der Waals surface area contributed by atoms with Crippen molar-refractivity contribution in [2.75, 3.05) is 0 Å². The average Bonchev–Trinajstić information content (AvgIpc) is 2.43. The highest BCUT2D eigenvalue weighted by molar-refractivity contribution is 6.05. The van der Waals surface area contributed by atoms with E-state index in [4.69, 9.17) is 5.73 Å². The Morgan fingerprint density at radius 2 is 1.70 bits per heavy atom. The van der Waals surface area contributed by atoms with E-state index in [9.17, 15) is 9.90 Å². The monoisotopic (exact) mass is 267 g/mol. The van der Waals surface area contributed by atoms with E-state index >= 15 is 0 Å². The summed E-state index contributed by atoms with van der Waals surface area (Å²) in [5, 5.41) is 9.79. The highest BCUT2D eigenvalue weighted by Gasteiger charge is 2.13. The molecule has 0 radical (unpaired) electrons. The summed E-state index contributed by atoms with van der Waals surface area (Å²) in [5.41, 5.74) is 8.74. The molecule has 1 aromatic heterocycles. The minimum absolute atomic E-state index is 0.347. The van der Waals surface area contributed by atoms with Crippen LogP contribution in [0.3, 0.4) is 0 Å². The smallest absolute Gasteiger partial charge is 0.250 e. The van der Waals surface area contributed by atoms with Gasteiger partial charge in [0, 0.05) is 5.56 Å². The van der Waals surface area contributed by atoms with Crippen LogP contribution in [0.15, 0.2) is 36.4 Å². The Kier molecular flexibility index (Phi) is 2.84. The molecular formula is C15H13N3O2. The highest BCUT2D eigenvalue weighted by atomic mass is 16.3. The molecule has 1 heterocycles. The number of benzene rings is 2. The Hall–Kier alpha value is -2.53. The number of para-hydroxylation sites is 2. The van der Waals surface area contributed by atoms with E-state index in [0.29, 0.717) is 33.2 Å². The van der Waals surface area contributed by atoms with Gasteiger partial charge in [-0.05, 0) is 25.1 Å². The number of aliphatic hydroxyl groups is 1. The number of carbonyl (C=O) groups is 1. The Labute approximate surface area is 115 Å². The first-order chi connectivity index (χ1) is 9.58. The quantitative estimate of drug-likeness (QED) is 0.694. The minimum atomic E-state index is -0.634. The lowest BCUT2D eigenvalue weighted by atomic mass is 10.1. The standard InChI is InChI=1S/C15H13N3O2/c1-8(19)9-4-2-6-11-13(9)17-12-7-3-5-10(15(16)20)14(12)18-11/h2-8,19H,1H3,(H2,16,20)/t8-/m1/s1. The molecule has 3 aromatic rings. The summed E-state index contributed by atoms with van der Waals surface area (Å²) in [7, 11) is 0. The Bertz CT molecular complexity index is 828. The zero-order valence-electron chi connectivity index (χ0n) is 10.9.